The van der Waals surface area contributed by atoms with Crippen molar-refractivity contribution >= 4 is 12.0 Å². The number of hydrogen-bond acceptors (Lipinski definition) is 3. The van der Waals surface area contributed by atoms with Crippen molar-refractivity contribution in [2.75, 3.05) is 14.2 Å². The molecule has 4 heteroatoms. The maximum Gasteiger partial charge on any atom is 0.244 e. The van der Waals surface area contributed by atoms with Gasteiger partial charge in [0.2, 0.25) is 5.91 Å². The molecule has 1 aromatic carbocycles. The summed E-state index contributed by atoms with van der Waals surface area (Å²) in [6.07, 6.45) is 8.07. The first kappa shape index (κ1) is 16.4. The SMILES string of the molecule is COc1cccc(/C=C/C(=O)N[C@@H]2CCCC[C@@H]2C)c1OC. The third kappa shape index (κ3) is 4.03. The molecule has 1 aliphatic carbocycles. The summed E-state index contributed by atoms with van der Waals surface area (Å²) in [5, 5.41) is 3.11. The molecule has 22 heavy (non-hydrogen) atoms. The number of hydrogen-bond donors (Lipinski definition) is 1. The first-order chi connectivity index (χ1) is 10.7. The predicted octanol–water partition coefficient (Wildman–Crippen LogP) is 3.41. The molecule has 0 unspecified atom stereocenters. The highest BCUT2D eigenvalue weighted by Crippen LogP contribution is 2.31. The lowest BCUT2D eigenvalue weighted by Gasteiger charge is -2.29. The molecule has 0 spiro atoms. The zero-order chi connectivity index (χ0) is 15.9. The molecule has 1 saturated carbocycles. The van der Waals surface area contributed by atoms with E-state index in [0.717, 1.165) is 12.0 Å². The molecule has 1 amide bonds. The Morgan fingerprint density at radius 2 is 2.00 bits per heavy atom. The highest BCUT2D eigenvalue weighted by atomic mass is 16.5. The highest BCUT2D eigenvalue weighted by molar-refractivity contribution is 5.92. The van der Waals surface area contributed by atoms with Crippen LogP contribution in [0.3, 0.4) is 0 Å². The molecule has 1 aromatic rings. The smallest absolute Gasteiger partial charge is 0.244 e. The van der Waals surface area contributed by atoms with E-state index in [0.29, 0.717) is 17.4 Å². The summed E-state index contributed by atoms with van der Waals surface area (Å²) in [6, 6.07) is 5.90. The average molecular weight is 303 g/mol. The zero-order valence-corrected chi connectivity index (χ0v) is 13.6. The van der Waals surface area contributed by atoms with Crippen molar-refractivity contribution in [2.24, 2.45) is 5.92 Å². The number of benzene rings is 1. The van der Waals surface area contributed by atoms with E-state index < -0.39 is 0 Å². The van der Waals surface area contributed by atoms with E-state index in [1.54, 1.807) is 26.4 Å². The number of para-hydroxylation sites is 1. The van der Waals surface area contributed by atoms with Crippen LogP contribution in [0.4, 0.5) is 0 Å². The summed E-state index contributed by atoms with van der Waals surface area (Å²) >= 11 is 0. The number of carbonyl (C=O) groups excluding carboxylic acids is 1. The Labute approximate surface area is 132 Å². The van der Waals surface area contributed by atoms with Gasteiger partial charge in [0.15, 0.2) is 11.5 Å². The lowest BCUT2D eigenvalue weighted by molar-refractivity contribution is -0.117. The van der Waals surface area contributed by atoms with Crippen molar-refractivity contribution in [2.45, 2.75) is 38.6 Å². The van der Waals surface area contributed by atoms with Crippen LogP contribution in [0.15, 0.2) is 24.3 Å². The van der Waals surface area contributed by atoms with E-state index in [4.69, 9.17) is 9.47 Å². The van der Waals surface area contributed by atoms with Crippen LogP contribution < -0.4 is 14.8 Å². The molecule has 120 valence electrons. The van der Waals surface area contributed by atoms with Gasteiger partial charge < -0.3 is 14.8 Å². The number of amides is 1. The molecule has 2 rings (SSSR count). The Kier molecular flexibility index (Phi) is 5.87. The van der Waals surface area contributed by atoms with E-state index in [-0.39, 0.29) is 11.9 Å². The van der Waals surface area contributed by atoms with E-state index in [1.165, 1.54) is 19.3 Å². The summed E-state index contributed by atoms with van der Waals surface area (Å²) < 4.78 is 10.6. The van der Waals surface area contributed by atoms with Crippen molar-refractivity contribution in [1.82, 2.24) is 5.32 Å². The monoisotopic (exact) mass is 303 g/mol. The first-order valence-corrected chi connectivity index (χ1v) is 7.85. The maximum absolute atomic E-state index is 12.1. The molecule has 0 bridgehead atoms. The van der Waals surface area contributed by atoms with Crippen LogP contribution in [0.5, 0.6) is 11.5 Å². The summed E-state index contributed by atoms with van der Waals surface area (Å²) in [6.45, 7) is 2.21. The van der Waals surface area contributed by atoms with Gasteiger partial charge in [-0.2, -0.15) is 0 Å². The summed E-state index contributed by atoms with van der Waals surface area (Å²) in [7, 11) is 3.20. The minimum atomic E-state index is -0.0522. The summed E-state index contributed by atoms with van der Waals surface area (Å²) in [5.41, 5.74) is 0.827. The second-order valence-electron chi connectivity index (χ2n) is 5.79. The van der Waals surface area contributed by atoms with E-state index in [1.807, 2.05) is 18.2 Å². The molecule has 0 aliphatic heterocycles. The fourth-order valence-corrected chi connectivity index (χ4v) is 2.97. The molecule has 1 aliphatic rings. The Morgan fingerprint density at radius 3 is 2.68 bits per heavy atom. The van der Waals surface area contributed by atoms with Crippen molar-refractivity contribution in [3.8, 4) is 11.5 Å². The molecule has 0 saturated heterocycles. The fraction of sp³-hybridized carbons (Fsp3) is 0.500. The number of carbonyl (C=O) groups is 1. The number of nitrogens with one attached hydrogen (secondary N) is 1. The standard InChI is InChI=1S/C18H25NO3/c1-13-7-4-5-9-15(13)19-17(20)12-11-14-8-6-10-16(21-2)18(14)22-3/h6,8,10-13,15H,4-5,7,9H2,1-3H3,(H,19,20)/b12-11+/t13-,15+/m0/s1. The van der Waals surface area contributed by atoms with Gasteiger partial charge in [-0.1, -0.05) is 31.9 Å². The van der Waals surface area contributed by atoms with Gasteiger partial charge in [0, 0.05) is 17.7 Å². The molecule has 0 radical (unpaired) electrons. The average Bonchev–Trinajstić information content (AvgIpc) is 2.54. The normalized spacial score (nSPS) is 21.6. The van der Waals surface area contributed by atoms with Crippen LogP contribution in [0.1, 0.15) is 38.2 Å². The highest BCUT2D eigenvalue weighted by Gasteiger charge is 2.21. The van der Waals surface area contributed by atoms with Crippen LogP contribution >= 0.6 is 0 Å². The number of rotatable bonds is 5. The van der Waals surface area contributed by atoms with Crippen molar-refractivity contribution < 1.29 is 14.3 Å². The van der Waals surface area contributed by atoms with Crippen molar-refractivity contribution in [3.05, 3.63) is 29.8 Å². The predicted molar refractivity (Wildman–Crippen MR) is 88.1 cm³/mol. The second-order valence-corrected chi connectivity index (χ2v) is 5.79. The minimum absolute atomic E-state index is 0.0522. The molecule has 4 nitrogen and oxygen atoms in total. The van der Waals surface area contributed by atoms with E-state index in [9.17, 15) is 4.79 Å². The maximum atomic E-state index is 12.1. The van der Waals surface area contributed by atoms with Gasteiger partial charge in [0.05, 0.1) is 14.2 Å². The molecule has 1 fully saturated rings. The van der Waals surface area contributed by atoms with Crippen LogP contribution in [0.2, 0.25) is 0 Å². The lowest BCUT2D eigenvalue weighted by Crippen LogP contribution is -2.40. The van der Waals surface area contributed by atoms with Crippen LogP contribution in [0, 0.1) is 5.92 Å². The van der Waals surface area contributed by atoms with Gasteiger partial charge >= 0.3 is 0 Å². The quantitative estimate of drug-likeness (QED) is 0.848. The Morgan fingerprint density at radius 1 is 1.23 bits per heavy atom. The number of ether oxygens (including phenoxy) is 2. The van der Waals surface area contributed by atoms with Gasteiger partial charge in [-0.3, -0.25) is 4.79 Å². The van der Waals surface area contributed by atoms with Crippen molar-refractivity contribution in [3.63, 3.8) is 0 Å². The van der Waals surface area contributed by atoms with Gasteiger partial charge in [-0.25, -0.2) is 0 Å². The Bertz CT molecular complexity index is 539. The topological polar surface area (TPSA) is 47.6 Å². The molecule has 0 heterocycles. The lowest BCUT2D eigenvalue weighted by atomic mass is 9.86. The van der Waals surface area contributed by atoms with Crippen LogP contribution in [0.25, 0.3) is 6.08 Å². The Hall–Kier alpha value is -1.97. The third-order valence-electron chi connectivity index (χ3n) is 4.29. The molecular formula is C18H25NO3. The van der Waals surface area contributed by atoms with Gasteiger partial charge in [0.1, 0.15) is 0 Å². The fourth-order valence-electron chi connectivity index (χ4n) is 2.97. The molecule has 2 atom stereocenters. The third-order valence-corrected chi connectivity index (χ3v) is 4.29. The van der Waals surface area contributed by atoms with E-state index in [2.05, 4.69) is 12.2 Å². The summed E-state index contributed by atoms with van der Waals surface area (Å²) in [4.78, 5) is 12.1. The molecule has 0 aromatic heterocycles. The van der Waals surface area contributed by atoms with Gasteiger partial charge in [0.25, 0.3) is 0 Å². The first-order valence-electron chi connectivity index (χ1n) is 7.85. The Balaban J connectivity index is 2.03. The largest absolute Gasteiger partial charge is 0.493 e. The van der Waals surface area contributed by atoms with Crippen LogP contribution in [-0.2, 0) is 4.79 Å². The van der Waals surface area contributed by atoms with Gasteiger partial charge in [-0.15, -0.1) is 0 Å². The van der Waals surface area contributed by atoms with Crippen molar-refractivity contribution in [1.29, 1.82) is 0 Å². The van der Waals surface area contributed by atoms with E-state index >= 15 is 0 Å². The number of methoxy groups -OCH3 is 2. The zero-order valence-electron chi connectivity index (χ0n) is 13.6. The molecule has 1 N–H and O–H groups in total. The van der Waals surface area contributed by atoms with Gasteiger partial charge in [-0.05, 0) is 30.9 Å². The second kappa shape index (κ2) is 7.87. The summed E-state index contributed by atoms with van der Waals surface area (Å²) in [5.74, 6) is 1.80. The molecular weight excluding hydrogens is 278 g/mol. The minimum Gasteiger partial charge on any atom is -0.493 e. The van der Waals surface area contributed by atoms with Crippen LogP contribution in [-0.4, -0.2) is 26.2 Å².